The molecule has 0 saturated heterocycles. The molecule has 2 aromatic carbocycles. The van der Waals surface area contributed by atoms with E-state index in [0.29, 0.717) is 5.75 Å². The predicted octanol–water partition coefficient (Wildman–Crippen LogP) is 5.12. The van der Waals surface area contributed by atoms with Crippen LogP contribution in [0, 0.1) is 5.82 Å². The van der Waals surface area contributed by atoms with Crippen LogP contribution in [0.3, 0.4) is 0 Å². The molecule has 1 amide bonds. The van der Waals surface area contributed by atoms with Crippen LogP contribution in [0.25, 0.3) is 0 Å². The summed E-state index contributed by atoms with van der Waals surface area (Å²) in [5.41, 5.74) is 0.919. The van der Waals surface area contributed by atoms with Crippen molar-refractivity contribution in [2.45, 2.75) is 59.4 Å². The van der Waals surface area contributed by atoms with Gasteiger partial charge in [-0.15, -0.1) is 0 Å². The Balaban J connectivity index is 2.05. The Labute approximate surface area is 171 Å². The maximum Gasteiger partial charge on any atom is 0.411 e. The molecule has 6 heteroatoms. The highest BCUT2D eigenvalue weighted by Crippen LogP contribution is 2.19. The van der Waals surface area contributed by atoms with Gasteiger partial charge < -0.3 is 9.47 Å². The zero-order valence-corrected chi connectivity index (χ0v) is 17.6. The lowest BCUT2D eigenvalue weighted by atomic mass is 10.1. The van der Waals surface area contributed by atoms with E-state index in [9.17, 15) is 14.0 Å². The molecule has 5 nitrogen and oxygen atoms in total. The van der Waals surface area contributed by atoms with Gasteiger partial charge in [-0.2, -0.15) is 0 Å². The van der Waals surface area contributed by atoms with Gasteiger partial charge in [-0.05, 0) is 70.0 Å². The highest BCUT2D eigenvalue weighted by molar-refractivity contribution is 5.85. The zero-order valence-electron chi connectivity index (χ0n) is 17.6. The average molecular weight is 400 g/mol. The third-order valence-electron chi connectivity index (χ3n) is 4.25. The second-order valence-electron chi connectivity index (χ2n) is 7.96. The zero-order chi connectivity index (χ0) is 21.6. The van der Waals surface area contributed by atoms with Gasteiger partial charge in [0.2, 0.25) is 0 Å². The average Bonchev–Trinajstić information content (AvgIpc) is 2.63. The smallest absolute Gasteiger partial charge is 0.411 e. The normalized spacial score (nSPS) is 12.2. The van der Waals surface area contributed by atoms with Crippen molar-refractivity contribution in [3.8, 4) is 5.75 Å². The van der Waals surface area contributed by atoms with Crippen LogP contribution in [-0.2, 0) is 22.7 Å². The number of ketones is 1. The number of carbonyl (C=O) groups excluding carboxylic acids is 2. The third-order valence-corrected chi connectivity index (χ3v) is 4.25. The van der Waals surface area contributed by atoms with E-state index in [-0.39, 0.29) is 24.8 Å². The third kappa shape index (κ3) is 7.22. The minimum absolute atomic E-state index is 0.120. The number of halogens is 1. The van der Waals surface area contributed by atoms with Crippen molar-refractivity contribution in [3.05, 3.63) is 65.5 Å². The Hall–Kier alpha value is -2.89. The topological polar surface area (TPSA) is 55.8 Å². The summed E-state index contributed by atoms with van der Waals surface area (Å²) in [5, 5.41) is 0. The summed E-state index contributed by atoms with van der Waals surface area (Å²) < 4.78 is 24.4. The largest absolute Gasteiger partial charge is 0.489 e. The number of carbonyl (C=O) groups is 2. The van der Waals surface area contributed by atoms with Crippen molar-refractivity contribution in [3.63, 3.8) is 0 Å². The first kappa shape index (κ1) is 22.4. The van der Waals surface area contributed by atoms with Crippen molar-refractivity contribution in [1.82, 2.24) is 4.90 Å². The lowest BCUT2D eigenvalue weighted by molar-refractivity contribution is -0.121. The van der Waals surface area contributed by atoms with Crippen LogP contribution in [0.15, 0.2) is 48.5 Å². The highest BCUT2D eigenvalue weighted by atomic mass is 18.2. The predicted molar refractivity (Wildman–Crippen MR) is 109 cm³/mol. The maximum atomic E-state index is 13.2. The van der Waals surface area contributed by atoms with Gasteiger partial charge in [0.1, 0.15) is 23.8 Å². The fourth-order valence-corrected chi connectivity index (χ4v) is 2.58. The van der Waals surface area contributed by atoms with E-state index in [4.69, 9.17) is 9.47 Å². The van der Waals surface area contributed by atoms with Gasteiger partial charge in [0, 0.05) is 6.54 Å². The molecule has 0 spiro atoms. The molecule has 0 aliphatic rings. The quantitative estimate of drug-likeness (QED) is 0.647. The number of nitrogens with zero attached hydrogens (tertiary/aromatic N) is 1. The van der Waals surface area contributed by atoms with Crippen LogP contribution in [0.4, 0.5) is 9.18 Å². The van der Waals surface area contributed by atoms with E-state index < -0.39 is 17.7 Å². The molecule has 0 saturated carbocycles. The Bertz CT molecular complexity index is 843. The number of ether oxygens (including phenoxy) is 2. The first-order valence-electron chi connectivity index (χ1n) is 9.51. The molecule has 156 valence electrons. The van der Waals surface area contributed by atoms with Crippen LogP contribution in [0.2, 0.25) is 0 Å². The van der Waals surface area contributed by atoms with E-state index in [1.165, 1.54) is 24.0 Å². The molecule has 29 heavy (non-hydrogen) atoms. The van der Waals surface area contributed by atoms with Crippen molar-refractivity contribution in [1.29, 1.82) is 0 Å². The summed E-state index contributed by atoms with van der Waals surface area (Å²) in [4.78, 5) is 25.8. The van der Waals surface area contributed by atoms with Crippen LogP contribution < -0.4 is 4.74 Å². The molecule has 0 aliphatic carbocycles. The lowest BCUT2D eigenvalue weighted by Crippen LogP contribution is -2.44. The molecule has 0 aromatic heterocycles. The minimum atomic E-state index is -0.652. The summed E-state index contributed by atoms with van der Waals surface area (Å²) in [7, 11) is 0. The monoisotopic (exact) mass is 400 g/mol. The highest BCUT2D eigenvalue weighted by Gasteiger charge is 2.28. The summed E-state index contributed by atoms with van der Waals surface area (Å²) in [6, 6.07) is 12.8. The summed E-state index contributed by atoms with van der Waals surface area (Å²) in [6.07, 6.45) is -0.536. The second kappa shape index (κ2) is 9.54. The molecule has 2 rings (SSSR count). The Kier molecular flexibility index (Phi) is 7.37. The molecule has 0 radical (unpaired) electrons. The molecular formula is C23H28FNO4. The van der Waals surface area contributed by atoms with Crippen molar-refractivity contribution < 1.29 is 23.5 Å². The van der Waals surface area contributed by atoms with Gasteiger partial charge in [-0.25, -0.2) is 9.18 Å². The minimum Gasteiger partial charge on any atom is -0.489 e. The molecule has 1 atom stereocenters. The molecule has 0 unspecified atom stereocenters. The van der Waals surface area contributed by atoms with Gasteiger partial charge in [-0.1, -0.05) is 24.3 Å². The summed E-state index contributed by atoms with van der Waals surface area (Å²) in [6.45, 7) is 8.97. The van der Waals surface area contributed by atoms with E-state index in [1.54, 1.807) is 52.0 Å². The molecule has 2 aromatic rings. The number of hydrogen-bond acceptors (Lipinski definition) is 4. The first-order chi connectivity index (χ1) is 13.5. The molecule has 0 N–H and O–H groups in total. The van der Waals surface area contributed by atoms with E-state index >= 15 is 0 Å². The maximum absolute atomic E-state index is 13.2. The molecular weight excluding hydrogens is 372 g/mol. The fourth-order valence-electron chi connectivity index (χ4n) is 2.58. The lowest BCUT2D eigenvalue weighted by Gasteiger charge is -2.30. The van der Waals surface area contributed by atoms with Crippen molar-refractivity contribution in [2.75, 3.05) is 0 Å². The van der Waals surface area contributed by atoms with Crippen LogP contribution in [0.5, 0.6) is 5.75 Å². The molecule has 0 aliphatic heterocycles. The summed E-state index contributed by atoms with van der Waals surface area (Å²) >= 11 is 0. The van der Waals surface area contributed by atoms with Crippen molar-refractivity contribution in [2.24, 2.45) is 0 Å². The number of benzene rings is 2. The number of amides is 1. The van der Waals surface area contributed by atoms with Crippen LogP contribution in [-0.4, -0.2) is 28.4 Å². The first-order valence-corrected chi connectivity index (χ1v) is 9.51. The Morgan fingerprint density at radius 1 is 1.07 bits per heavy atom. The second-order valence-corrected chi connectivity index (χ2v) is 7.96. The Morgan fingerprint density at radius 2 is 1.72 bits per heavy atom. The number of rotatable bonds is 7. The molecule has 0 heterocycles. The van der Waals surface area contributed by atoms with E-state index in [1.807, 2.05) is 12.1 Å². The van der Waals surface area contributed by atoms with Gasteiger partial charge in [-0.3, -0.25) is 9.69 Å². The standard InChI is InChI=1S/C23H28FNO4/c1-16(17(2)26)25(22(27)29-23(3,4)5)14-18-9-11-21(12-10-18)28-15-19-7-6-8-20(24)13-19/h6-13,16H,14-15H2,1-5H3/t16-/m0/s1/i24-1. The number of Topliss-reactive ketones (excluding diaryl/α,β-unsaturated/α-hetero) is 1. The SMILES string of the molecule is CC(=O)[C@H](C)N(Cc1ccc(OCc2cccc([18F])c2)cc1)C(=O)OC(C)(C)C. The van der Waals surface area contributed by atoms with E-state index in [0.717, 1.165) is 11.1 Å². The van der Waals surface area contributed by atoms with Gasteiger partial charge in [0.15, 0.2) is 5.78 Å². The molecule has 0 fully saturated rings. The fraction of sp³-hybridized carbons (Fsp3) is 0.391. The Morgan fingerprint density at radius 3 is 2.28 bits per heavy atom. The van der Waals surface area contributed by atoms with Gasteiger partial charge in [0.05, 0.1) is 6.04 Å². The molecule has 0 bridgehead atoms. The van der Waals surface area contributed by atoms with Gasteiger partial charge in [0.25, 0.3) is 0 Å². The van der Waals surface area contributed by atoms with Crippen molar-refractivity contribution >= 4 is 11.9 Å². The summed E-state index contributed by atoms with van der Waals surface area (Å²) in [5.74, 6) is 0.204. The van der Waals surface area contributed by atoms with E-state index in [2.05, 4.69) is 0 Å². The van der Waals surface area contributed by atoms with Crippen LogP contribution >= 0.6 is 0 Å². The van der Waals surface area contributed by atoms with Gasteiger partial charge >= 0.3 is 6.09 Å². The number of hydrogen-bond donors (Lipinski definition) is 0. The van der Waals surface area contributed by atoms with Crippen LogP contribution in [0.1, 0.15) is 45.7 Å².